The van der Waals surface area contributed by atoms with Crippen LogP contribution in [0.2, 0.25) is 0 Å². The van der Waals surface area contributed by atoms with Crippen molar-refractivity contribution in [3.63, 3.8) is 0 Å². The second-order valence-corrected chi connectivity index (χ2v) is 10.3. The first-order valence-electron chi connectivity index (χ1n) is 9.65. The molecule has 5 nitrogen and oxygen atoms in total. The molecule has 27 heavy (non-hydrogen) atoms. The van der Waals surface area contributed by atoms with Crippen LogP contribution in [0.3, 0.4) is 0 Å². The predicted octanol–water partition coefficient (Wildman–Crippen LogP) is 4.26. The normalized spacial score (nSPS) is 21.4. The van der Waals surface area contributed by atoms with Crippen LogP contribution in [0.1, 0.15) is 55.8 Å². The molecule has 7 heteroatoms. The zero-order valence-corrected chi connectivity index (χ0v) is 18.4. The zero-order valence-electron chi connectivity index (χ0n) is 16.8. The Balaban J connectivity index is 1.63. The van der Waals surface area contributed by atoms with Crippen molar-refractivity contribution in [3.05, 3.63) is 26.6 Å². The molecule has 0 radical (unpaired) electrons. The van der Waals surface area contributed by atoms with E-state index >= 15 is 0 Å². The fourth-order valence-corrected chi connectivity index (χ4v) is 5.64. The van der Waals surface area contributed by atoms with Gasteiger partial charge in [-0.3, -0.25) is 9.59 Å². The van der Waals surface area contributed by atoms with E-state index in [2.05, 4.69) is 16.9 Å². The number of thiophene rings is 1. The van der Waals surface area contributed by atoms with Crippen molar-refractivity contribution < 1.29 is 4.79 Å². The van der Waals surface area contributed by atoms with Crippen LogP contribution in [0, 0.1) is 19.8 Å². The van der Waals surface area contributed by atoms with Gasteiger partial charge < -0.3 is 9.88 Å². The van der Waals surface area contributed by atoms with E-state index in [0.29, 0.717) is 23.0 Å². The first kappa shape index (κ1) is 20.4. The number of H-pyrrole nitrogens is 1. The number of fused-ring (bicyclic) bond motifs is 1. The molecule has 2 heterocycles. The number of rotatable bonds is 5. The van der Waals surface area contributed by atoms with Gasteiger partial charge in [0.25, 0.3) is 5.56 Å². The van der Waals surface area contributed by atoms with Gasteiger partial charge in [0.05, 0.1) is 16.4 Å². The Morgan fingerprint density at radius 3 is 2.67 bits per heavy atom. The first-order chi connectivity index (χ1) is 12.8. The molecule has 2 aromatic heterocycles. The maximum atomic E-state index is 12.8. The third-order valence-electron chi connectivity index (χ3n) is 5.79. The highest BCUT2D eigenvalue weighted by atomic mass is 32.2. The molecule has 1 N–H and O–H groups in total. The number of carbonyl (C=O) groups is 1. The second kappa shape index (κ2) is 8.35. The monoisotopic (exact) mass is 407 g/mol. The molecule has 0 aromatic carbocycles. The Kier molecular flexibility index (Phi) is 6.31. The summed E-state index contributed by atoms with van der Waals surface area (Å²) < 4.78 is 0. The maximum Gasteiger partial charge on any atom is 0.259 e. The minimum absolute atomic E-state index is 0.0788. The highest BCUT2D eigenvalue weighted by Gasteiger charge is 2.27. The van der Waals surface area contributed by atoms with Crippen LogP contribution in [0.5, 0.6) is 0 Å². The van der Waals surface area contributed by atoms with Gasteiger partial charge in [-0.1, -0.05) is 6.92 Å². The van der Waals surface area contributed by atoms with Gasteiger partial charge in [-0.15, -0.1) is 23.1 Å². The predicted molar refractivity (Wildman–Crippen MR) is 115 cm³/mol. The molecule has 1 saturated carbocycles. The number of nitrogens with one attached hydrogen (secondary N) is 1. The van der Waals surface area contributed by atoms with Crippen molar-refractivity contribution in [2.24, 2.45) is 5.92 Å². The first-order valence-corrected chi connectivity index (χ1v) is 11.5. The molecule has 148 valence electrons. The highest BCUT2D eigenvalue weighted by Crippen LogP contribution is 2.29. The van der Waals surface area contributed by atoms with Gasteiger partial charge in [-0.05, 0) is 57.9 Å². The van der Waals surface area contributed by atoms with E-state index in [0.717, 1.165) is 34.0 Å². The summed E-state index contributed by atoms with van der Waals surface area (Å²) in [5, 5.41) is 0.545. The lowest BCUT2D eigenvalue weighted by atomic mass is 9.86. The Bertz CT molecular complexity index is 881. The maximum absolute atomic E-state index is 12.8. The second-order valence-electron chi connectivity index (χ2n) is 7.79. The molecule has 0 spiro atoms. The van der Waals surface area contributed by atoms with Crippen molar-refractivity contribution in [1.82, 2.24) is 14.9 Å². The molecular weight excluding hydrogens is 378 g/mol. The number of aromatic nitrogens is 2. The molecule has 0 aliphatic heterocycles. The van der Waals surface area contributed by atoms with Gasteiger partial charge in [0, 0.05) is 18.0 Å². The summed E-state index contributed by atoms with van der Waals surface area (Å²) in [5.74, 6) is 2.13. The number of hydrogen-bond donors (Lipinski definition) is 1. The van der Waals surface area contributed by atoms with Gasteiger partial charge in [0.1, 0.15) is 10.7 Å². The molecule has 1 amide bonds. The van der Waals surface area contributed by atoms with Gasteiger partial charge in [-0.25, -0.2) is 4.98 Å². The summed E-state index contributed by atoms with van der Waals surface area (Å²) >= 11 is 3.10. The lowest BCUT2D eigenvalue weighted by molar-refractivity contribution is -0.131. The number of amides is 1. The summed E-state index contributed by atoms with van der Waals surface area (Å²) in [6.45, 7) is 8.21. The summed E-state index contributed by atoms with van der Waals surface area (Å²) in [6.07, 6.45) is 4.61. The van der Waals surface area contributed by atoms with E-state index in [9.17, 15) is 9.59 Å². The number of aromatic amines is 1. The van der Waals surface area contributed by atoms with Crippen molar-refractivity contribution in [2.75, 3.05) is 7.05 Å². The Labute approximate surface area is 169 Å². The smallest absolute Gasteiger partial charge is 0.259 e. The molecule has 1 fully saturated rings. The third-order valence-corrected chi connectivity index (χ3v) is 8.03. The molecule has 2 aromatic rings. The highest BCUT2D eigenvalue weighted by molar-refractivity contribution is 7.99. The van der Waals surface area contributed by atoms with Crippen LogP contribution in [0.4, 0.5) is 0 Å². The van der Waals surface area contributed by atoms with Crippen LogP contribution in [0.15, 0.2) is 4.79 Å². The van der Waals surface area contributed by atoms with E-state index in [-0.39, 0.29) is 16.7 Å². The van der Waals surface area contributed by atoms with Crippen molar-refractivity contribution in [1.29, 1.82) is 0 Å². The third kappa shape index (κ3) is 4.40. The number of hydrogen-bond acceptors (Lipinski definition) is 5. The lowest BCUT2D eigenvalue weighted by Gasteiger charge is -2.34. The topological polar surface area (TPSA) is 66.1 Å². The van der Waals surface area contributed by atoms with E-state index < -0.39 is 0 Å². The van der Waals surface area contributed by atoms with Gasteiger partial charge in [0.2, 0.25) is 5.91 Å². The molecule has 1 aliphatic rings. The molecular formula is C20H29N3O2S2. The van der Waals surface area contributed by atoms with Crippen molar-refractivity contribution in [3.8, 4) is 0 Å². The van der Waals surface area contributed by atoms with Crippen LogP contribution in [0.25, 0.3) is 10.2 Å². The fraction of sp³-hybridized carbons (Fsp3) is 0.650. The summed E-state index contributed by atoms with van der Waals surface area (Å²) in [6, 6.07) is 0.364. The lowest BCUT2D eigenvalue weighted by Crippen LogP contribution is -2.42. The summed E-state index contributed by atoms with van der Waals surface area (Å²) in [7, 11) is 1.93. The van der Waals surface area contributed by atoms with Crippen LogP contribution < -0.4 is 5.56 Å². The SMILES string of the molecule is Cc1sc2nc(CSC(C)C(=O)N(C)C3CCC(C)CC3)[nH]c(=O)c2c1C. The molecule has 0 saturated heterocycles. The van der Waals surface area contributed by atoms with Crippen LogP contribution in [-0.4, -0.2) is 39.1 Å². The molecule has 0 bridgehead atoms. The Morgan fingerprint density at radius 2 is 2.00 bits per heavy atom. The standard InChI is InChI=1S/C20H29N3O2S2/c1-11-6-8-15(9-7-11)23(5)20(25)14(4)26-10-16-21-18(24)17-12(2)13(3)27-19(17)22-16/h11,14-15H,6-10H2,1-5H3,(H,21,22,24). The quantitative estimate of drug-likeness (QED) is 0.804. The largest absolute Gasteiger partial charge is 0.342 e. The molecule has 1 atom stereocenters. The average molecular weight is 408 g/mol. The van der Waals surface area contributed by atoms with E-state index in [1.54, 1.807) is 11.3 Å². The number of aryl methyl sites for hydroxylation is 2. The average Bonchev–Trinajstić information content (AvgIpc) is 2.93. The minimum atomic E-state index is -0.151. The van der Waals surface area contributed by atoms with Crippen LogP contribution in [-0.2, 0) is 10.5 Å². The minimum Gasteiger partial charge on any atom is -0.342 e. The molecule has 3 rings (SSSR count). The van der Waals surface area contributed by atoms with Gasteiger partial charge in [-0.2, -0.15) is 0 Å². The Hall–Kier alpha value is -1.34. The number of nitrogens with zero attached hydrogens (tertiary/aromatic N) is 2. The molecule has 1 unspecified atom stereocenters. The summed E-state index contributed by atoms with van der Waals surface area (Å²) in [5.41, 5.74) is 0.930. The Morgan fingerprint density at radius 1 is 1.33 bits per heavy atom. The van der Waals surface area contributed by atoms with E-state index in [1.807, 2.05) is 32.7 Å². The summed E-state index contributed by atoms with van der Waals surface area (Å²) in [4.78, 5) is 36.5. The van der Waals surface area contributed by atoms with Gasteiger partial charge in [0.15, 0.2) is 0 Å². The van der Waals surface area contributed by atoms with Crippen LogP contribution >= 0.6 is 23.1 Å². The van der Waals surface area contributed by atoms with E-state index in [4.69, 9.17) is 0 Å². The molecule has 1 aliphatic carbocycles. The van der Waals surface area contributed by atoms with Crippen molar-refractivity contribution >= 4 is 39.2 Å². The van der Waals surface area contributed by atoms with E-state index in [1.165, 1.54) is 24.6 Å². The number of thioether (sulfide) groups is 1. The van der Waals surface area contributed by atoms with Crippen molar-refractivity contribution in [2.45, 2.75) is 70.4 Å². The zero-order chi connectivity index (χ0) is 19.7. The van der Waals surface area contributed by atoms with Gasteiger partial charge >= 0.3 is 0 Å². The number of carbonyl (C=O) groups excluding carboxylic acids is 1. The fourth-order valence-electron chi connectivity index (χ4n) is 3.74.